The van der Waals surface area contributed by atoms with Crippen molar-refractivity contribution in [2.24, 2.45) is 4.99 Å². The Morgan fingerprint density at radius 3 is 2.64 bits per heavy atom. The van der Waals surface area contributed by atoms with Gasteiger partial charge in [-0.2, -0.15) is 0 Å². The molecule has 7 rings (SSSR count). The first-order valence-electron chi connectivity index (χ1n) is 16.1. The van der Waals surface area contributed by atoms with Crippen LogP contribution in [-0.4, -0.2) is 71.1 Å². The number of ether oxygens (including phenoxy) is 1. The molecule has 4 aromatic rings. The minimum atomic E-state index is -0.439. The summed E-state index contributed by atoms with van der Waals surface area (Å²) in [5, 5.41) is 3.65. The Morgan fingerprint density at radius 1 is 1.00 bits per heavy atom. The van der Waals surface area contributed by atoms with Crippen LogP contribution in [0.5, 0.6) is 11.5 Å². The maximum atomic E-state index is 13.7. The van der Waals surface area contributed by atoms with Crippen molar-refractivity contribution in [3.8, 4) is 11.5 Å². The summed E-state index contributed by atoms with van der Waals surface area (Å²) in [4.78, 5) is 55.9. The highest BCUT2D eigenvalue weighted by Crippen LogP contribution is 2.46. The smallest absolute Gasteiger partial charge is 0.331 e. The number of nitrogens with one attached hydrogen (secondary N) is 1. The molecule has 1 N–H and O–H groups in total. The molecule has 47 heavy (non-hydrogen) atoms. The fourth-order valence-electron chi connectivity index (χ4n) is 6.42. The highest BCUT2D eigenvalue weighted by Gasteiger charge is 2.33. The van der Waals surface area contributed by atoms with E-state index in [2.05, 4.69) is 20.2 Å². The zero-order chi connectivity index (χ0) is 32.3. The van der Waals surface area contributed by atoms with E-state index in [1.807, 2.05) is 61.5 Å². The van der Waals surface area contributed by atoms with Gasteiger partial charge < -0.3 is 15.0 Å². The van der Waals surface area contributed by atoms with Gasteiger partial charge in [-0.05, 0) is 87.7 Å². The molecule has 2 aromatic carbocycles. The number of carbonyl (C=O) groups excluding carboxylic acids is 3. The van der Waals surface area contributed by atoms with Crippen molar-refractivity contribution >= 4 is 62.2 Å². The summed E-state index contributed by atoms with van der Waals surface area (Å²) in [6.45, 7) is 5.80. The zero-order valence-electron chi connectivity index (χ0n) is 26.3. The highest BCUT2D eigenvalue weighted by molar-refractivity contribution is 7.21. The van der Waals surface area contributed by atoms with Gasteiger partial charge in [-0.15, -0.1) is 11.3 Å². The molecule has 0 radical (unpaired) electrons. The molecule has 0 spiro atoms. The third-order valence-electron chi connectivity index (χ3n) is 8.74. The minimum absolute atomic E-state index is 0.0602. The second-order valence-electron chi connectivity index (χ2n) is 12.1. The topological polar surface area (TPSA) is 107 Å². The normalized spacial score (nSPS) is 17.8. The molecule has 0 saturated carbocycles. The Labute approximate surface area is 277 Å². The molecule has 4 amide bonds. The molecule has 2 saturated heterocycles. The number of benzene rings is 2. The number of pyridine rings is 1. The second kappa shape index (κ2) is 13.5. The van der Waals surface area contributed by atoms with E-state index in [1.165, 1.54) is 30.6 Å². The van der Waals surface area contributed by atoms with Crippen molar-refractivity contribution in [2.45, 2.75) is 39.0 Å². The Hall–Kier alpha value is -4.87. The molecule has 2 aromatic heterocycles. The van der Waals surface area contributed by atoms with Crippen LogP contribution in [0.2, 0.25) is 0 Å². The van der Waals surface area contributed by atoms with Crippen LogP contribution in [0.3, 0.4) is 0 Å². The molecule has 0 bridgehead atoms. The van der Waals surface area contributed by atoms with Crippen molar-refractivity contribution in [3.05, 3.63) is 83.4 Å². The summed E-state index contributed by atoms with van der Waals surface area (Å²) in [6, 6.07) is 16.5. The second-order valence-corrected chi connectivity index (χ2v) is 13.1. The van der Waals surface area contributed by atoms with Crippen molar-refractivity contribution in [1.82, 2.24) is 14.8 Å². The number of anilines is 3. The Bertz CT molecular complexity index is 1900. The van der Waals surface area contributed by atoms with Crippen LogP contribution >= 0.6 is 11.3 Å². The number of aryl methyl sites for hydroxylation is 1. The highest BCUT2D eigenvalue weighted by atomic mass is 32.1. The van der Waals surface area contributed by atoms with E-state index in [4.69, 9.17) is 4.74 Å². The van der Waals surface area contributed by atoms with E-state index in [0.29, 0.717) is 63.1 Å². The van der Waals surface area contributed by atoms with Gasteiger partial charge in [0.15, 0.2) is 0 Å². The van der Waals surface area contributed by atoms with E-state index < -0.39 is 5.91 Å². The molecule has 2 fully saturated rings. The number of hydrogen-bond acceptors (Lipinski definition) is 7. The van der Waals surface area contributed by atoms with Crippen LogP contribution in [0.1, 0.15) is 47.3 Å². The zero-order valence-corrected chi connectivity index (χ0v) is 27.1. The number of thiophene rings is 1. The Balaban J connectivity index is 1.10. The largest absolute Gasteiger partial charge is 0.457 e. The number of carbonyl (C=O) groups is 3. The fraction of sp³-hybridized carbons (Fsp3) is 0.306. The average Bonchev–Trinajstić information content (AvgIpc) is 3.46. The Kier molecular flexibility index (Phi) is 8.82. The summed E-state index contributed by atoms with van der Waals surface area (Å²) in [7, 11) is 0. The summed E-state index contributed by atoms with van der Waals surface area (Å²) < 4.78 is 5.99. The number of piperidine rings is 2. The average molecular weight is 649 g/mol. The predicted octanol–water partition coefficient (Wildman–Crippen LogP) is 7.33. The standard InChI is InChI=1S/C36H36N6O4S/c1-24-22-27(46-26-11-4-2-5-12-26)14-15-28(24)42-29-16-17-37-35-31(29)32(39-36(42)45)33(47-35)34(44)38-25-10-8-21-41(23-25)30(43)13-9-20-40-18-6-3-7-19-40/h2,4-5,9,11-17,22H,3,6-8,10,18-21,23H2,1H3,(H,39,45)/b13-9+,38-25?. The van der Waals surface area contributed by atoms with E-state index in [1.54, 1.807) is 28.1 Å². The SMILES string of the molecule is Cc1cc(Oc2ccccc2)ccc1N1C(=O)Nc2c(C(=O)N=C3CCCN(C(=O)/C=C/CN4CCCCC4)C3)sc3nccc1c23. The fourth-order valence-corrected chi connectivity index (χ4v) is 7.42. The summed E-state index contributed by atoms with van der Waals surface area (Å²) in [5.41, 5.74) is 3.26. The van der Waals surface area contributed by atoms with E-state index in [-0.39, 0.29) is 11.9 Å². The molecule has 0 atom stereocenters. The monoisotopic (exact) mass is 648 g/mol. The van der Waals surface area contributed by atoms with Crippen LogP contribution in [0.4, 0.5) is 21.9 Å². The lowest BCUT2D eigenvalue weighted by Gasteiger charge is -2.29. The van der Waals surface area contributed by atoms with Gasteiger partial charge in [-0.3, -0.25) is 19.4 Å². The molecule has 3 aliphatic heterocycles. The lowest BCUT2D eigenvalue weighted by atomic mass is 10.1. The van der Waals surface area contributed by atoms with Crippen molar-refractivity contribution < 1.29 is 19.1 Å². The number of aliphatic imine (C=N–C) groups is 1. The first-order valence-corrected chi connectivity index (χ1v) is 16.9. The molecule has 240 valence electrons. The maximum Gasteiger partial charge on any atom is 0.331 e. The lowest BCUT2D eigenvalue weighted by molar-refractivity contribution is -0.125. The van der Waals surface area contributed by atoms with Gasteiger partial charge in [0.25, 0.3) is 5.91 Å². The number of nitrogens with zero attached hydrogens (tertiary/aromatic N) is 5. The van der Waals surface area contributed by atoms with E-state index >= 15 is 0 Å². The third-order valence-corrected chi connectivity index (χ3v) is 9.82. The van der Waals surface area contributed by atoms with Crippen molar-refractivity contribution in [2.75, 3.05) is 42.9 Å². The molecule has 0 aliphatic carbocycles. The number of urea groups is 1. The molecule has 5 heterocycles. The van der Waals surface area contributed by atoms with Crippen LogP contribution in [0.15, 0.2) is 77.9 Å². The van der Waals surface area contributed by atoms with Gasteiger partial charge >= 0.3 is 6.03 Å². The maximum absolute atomic E-state index is 13.7. The van der Waals surface area contributed by atoms with Gasteiger partial charge in [0.2, 0.25) is 5.91 Å². The van der Waals surface area contributed by atoms with Crippen molar-refractivity contribution in [3.63, 3.8) is 0 Å². The Morgan fingerprint density at radius 2 is 1.83 bits per heavy atom. The quantitative estimate of drug-likeness (QED) is 0.210. The van der Waals surface area contributed by atoms with Gasteiger partial charge in [-0.25, -0.2) is 14.8 Å². The van der Waals surface area contributed by atoms with Gasteiger partial charge in [0.1, 0.15) is 21.2 Å². The first kappa shape index (κ1) is 30.8. The van der Waals surface area contributed by atoms with Crippen LogP contribution in [0, 0.1) is 6.92 Å². The van der Waals surface area contributed by atoms with Crippen LogP contribution in [-0.2, 0) is 4.79 Å². The number of para-hydroxylation sites is 1. The summed E-state index contributed by atoms with van der Waals surface area (Å²) in [5.74, 6) is 0.887. The first-order chi connectivity index (χ1) is 22.9. The van der Waals surface area contributed by atoms with Gasteiger partial charge in [-0.1, -0.05) is 30.7 Å². The molecule has 10 nitrogen and oxygen atoms in total. The van der Waals surface area contributed by atoms with Crippen LogP contribution in [0.25, 0.3) is 10.2 Å². The number of likely N-dealkylation sites (tertiary alicyclic amines) is 2. The number of aromatic nitrogens is 1. The molecular formula is C36H36N6O4S. The number of rotatable bonds is 7. The van der Waals surface area contributed by atoms with Gasteiger partial charge in [0.05, 0.1) is 29.0 Å². The molecule has 11 heteroatoms. The van der Waals surface area contributed by atoms with E-state index in [9.17, 15) is 14.4 Å². The summed E-state index contributed by atoms with van der Waals surface area (Å²) in [6.07, 6.45) is 10.3. The lowest BCUT2D eigenvalue weighted by Crippen LogP contribution is -2.39. The van der Waals surface area contributed by atoms with Gasteiger partial charge in [0, 0.05) is 31.1 Å². The van der Waals surface area contributed by atoms with E-state index in [0.717, 1.165) is 37.4 Å². The summed E-state index contributed by atoms with van der Waals surface area (Å²) >= 11 is 1.21. The minimum Gasteiger partial charge on any atom is -0.457 e. The van der Waals surface area contributed by atoms with Crippen molar-refractivity contribution in [1.29, 1.82) is 0 Å². The molecule has 0 unspecified atom stereocenters. The number of amides is 4. The predicted molar refractivity (Wildman–Crippen MR) is 185 cm³/mol. The van der Waals surface area contributed by atoms with Crippen LogP contribution < -0.4 is 15.0 Å². The number of hydrogen-bond donors (Lipinski definition) is 1. The molecular weight excluding hydrogens is 613 g/mol. The molecule has 3 aliphatic rings. The third kappa shape index (κ3) is 6.54.